The van der Waals surface area contributed by atoms with Crippen LogP contribution in [-0.2, 0) is 5.75 Å². The molecule has 0 aliphatic heterocycles. The van der Waals surface area contributed by atoms with Crippen molar-refractivity contribution in [3.63, 3.8) is 0 Å². The quantitative estimate of drug-likeness (QED) is 0.692. The number of thioether (sulfide) groups is 1. The summed E-state index contributed by atoms with van der Waals surface area (Å²) < 4.78 is 0. The van der Waals surface area contributed by atoms with Crippen molar-refractivity contribution in [1.82, 2.24) is 0 Å². The maximum Gasteiger partial charge on any atom is 0.0234 e. The highest BCUT2D eigenvalue weighted by atomic mass is 32.2. The Kier molecular flexibility index (Phi) is 3.68. The number of rotatable bonds is 3. The standard InChI is InChI=1S/C15H16S/c1-12-8-9-13(2)14(10-12)11-16-15-6-4-3-5-7-15/h3-10H,11H2,1-2H3. The van der Waals surface area contributed by atoms with E-state index < -0.39 is 0 Å². The first kappa shape index (κ1) is 11.3. The van der Waals surface area contributed by atoms with E-state index in [4.69, 9.17) is 0 Å². The van der Waals surface area contributed by atoms with E-state index in [-0.39, 0.29) is 0 Å². The van der Waals surface area contributed by atoms with Gasteiger partial charge in [-0.2, -0.15) is 0 Å². The van der Waals surface area contributed by atoms with Gasteiger partial charge >= 0.3 is 0 Å². The summed E-state index contributed by atoms with van der Waals surface area (Å²) in [6, 6.07) is 17.2. The molecule has 16 heavy (non-hydrogen) atoms. The predicted octanol–water partition coefficient (Wildman–Crippen LogP) is 4.60. The van der Waals surface area contributed by atoms with Crippen molar-refractivity contribution in [3.05, 3.63) is 65.2 Å². The predicted molar refractivity (Wildman–Crippen MR) is 71.9 cm³/mol. The van der Waals surface area contributed by atoms with Crippen molar-refractivity contribution in [2.75, 3.05) is 0 Å². The molecule has 0 spiro atoms. The van der Waals surface area contributed by atoms with E-state index >= 15 is 0 Å². The van der Waals surface area contributed by atoms with E-state index in [9.17, 15) is 0 Å². The molecule has 0 unspecified atom stereocenters. The molecular weight excluding hydrogens is 212 g/mol. The van der Waals surface area contributed by atoms with Gasteiger partial charge in [0.15, 0.2) is 0 Å². The minimum atomic E-state index is 1.05. The number of benzene rings is 2. The lowest BCUT2D eigenvalue weighted by Crippen LogP contribution is -1.87. The topological polar surface area (TPSA) is 0 Å². The Morgan fingerprint density at radius 3 is 2.44 bits per heavy atom. The van der Waals surface area contributed by atoms with Gasteiger partial charge in [-0.15, -0.1) is 11.8 Å². The van der Waals surface area contributed by atoms with E-state index in [0.717, 1.165) is 5.75 Å². The molecule has 0 bridgehead atoms. The van der Waals surface area contributed by atoms with Crippen LogP contribution in [0.2, 0.25) is 0 Å². The molecule has 0 saturated heterocycles. The Morgan fingerprint density at radius 1 is 0.938 bits per heavy atom. The van der Waals surface area contributed by atoms with Gasteiger partial charge in [-0.25, -0.2) is 0 Å². The SMILES string of the molecule is Cc1ccc(C)c(CSc2ccccc2)c1. The molecule has 0 fully saturated rings. The Bertz CT molecular complexity index is 460. The molecule has 0 saturated carbocycles. The molecule has 0 aliphatic rings. The van der Waals surface area contributed by atoms with Gasteiger partial charge < -0.3 is 0 Å². The maximum absolute atomic E-state index is 2.28. The lowest BCUT2D eigenvalue weighted by Gasteiger charge is -2.06. The first-order valence-corrected chi connectivity index (χ1v) is 6.48. The Hall–Kier alpha value is -1.21. The fourth-order valence-electron chi connectivity index (χ4n) is 1.63. The fraction of sp³-hybridized carbons (Fsp3) is 0.200. The van der Waals surface area contributed by atoms with Gasteiger partial charge in [0.05, 0.1) is 0 Å². The van der Waals surface area contributed by atoms with Crippen LogP contribution >= 0.6 is 11.8 Å². The Labute approximate surface area is 102 Å². The van der Waals surface area contributed by atoms with Crippen LogP contribution in [0.3, 0.4) is 0 Å². The van der Waals surface area contributed by atoms with Crippen LogP contribution in [0, 0.1) is 13.8 Å². The molecule has 0 atom stereocenters. The minimum Gasteiger partial charge on any atom is -0.121 e. The van der Waals surface area contributed by atoms with Gasteiger partial charge in [0.25, 0.3) is 0 Å². The smallest absolute Gasteiger partial charge is 0.0234 e. The third kappa shape index (κ3) is 2.89. The maximum atomic E-state index is 2.28. The molecular formula is C15H16S. The first-order valence-electron chi connectivity index (χ1n) is 5.50. The van der Waals surface area contributed by atoms with Crippen LogP contribution in [0.25, 0.3) is 0 Å². The monoisotopic (exact) mass is 228 g/mol. The van der Waals surface area contributed by atoms with Gasteiger partial charge in [0.2, 0.25) is 0 Å². The second-order valence-corrected chi connectivity index (χ2v) is 5.08. The zero-order valence-electron chi connectivity index (χ0n) is 9.73. The fourth-order valence-corrected chi connectivity index (χ4v) is 2.62. The summed E-state index contributed by atoms with van der Waals surface area (Å²) >= 11 is 1.90. The van der Waals surface area contributed by atoms with Crippen molar-refractivity contribution >= 4 is 11.8 Å². The molecule has 0 N–H and O–H groups in total. The van der Waals surface area contributed by atoms with Gasteiger partial charge in [0, 0.05) is 10.6 Å². The van der Waals surface area contributed by atoms with Crippen molar-refractivity contribution in [2.24, 2.45) is 0 Å². The molecule has 2 aromatic rings. The molecule has 0 aliphatic carbocycles. The molecule has 0 radical (unpaired) electrons. The normalized spacial score (nSPS) is 10.4. The van der Waals surface area contributed by atoms with Crippen LogP contribution < -0.4 is 0 Å². The average Bonchev–Trinajstić information content (AvgIpc) is 2.32. The van der Waals surface area contributed by atoms with Gasteiger partial charge in [-0.1, -0.05) is 42.0 Å². The largest absolute Gasteiger partial charge is 0.121 e. The highest BCUT2D eigenvalue weighted by Gasteiger charge is 2.00. The highest BCUT2D eigenvalue weighted by Crippen LogP contribution is 2.24. The van der Waals surface area contributed by atoms with Gasteiger partial charge in [-0.3, -0.25) is 0 Å². The highest BCUT2D eigenvalue weighted by molar-refractivity contribution is 7.98. The lowest BCUT2D eigenvalue weighted by molar-refractivity contribution is 1.27. The van der Waals surface area contributed by atoms with Crippen LogP contribution in [-0.4, -0.2) is 0 Å². The minimum absolute atomic E-state index is 1.05. The second-order valence-electron chi connectivity index (χ2n) is 4.03. The third-order valence-electron chi connectivity index (χ3n) is 2.64. The summed E-state index contributed by atoms with van der Waals surface area (Å²) in [5, 5.41) is 0. The number of hydrogen-bond donors (Lipinski definition) is 0. The number of aryl methyl sites for hydroxylation is 2. The summed E-state index contributed by atoms with van der Waals surface area (Å²) in [4.78, 5) is 1.34. The van der Waals surface area contributed by atoms with E-state index in [0.29, 0.717) is 0 Å². The van der Waals surface area contributed by atoms with Crippen LogP contribution in [0.4, 0.5) is 0 Å². The average molecular weight is 228 g/mol. The van der Waals surface area contributed by atoms with E-state index in [1.807, 2.05) is 11.8 Å². The van der Waals surface area contributed by atoms with Gasteiger partial charge in [0.1, 0.15) is 0 Å². The summed E-state index contributed by atoms with van der Waals surface area (Å²) in [5.74, 6) is 1.05. The third-order valence-corrected chi connectivity index (χ3v) is 3.70. The molecule has 0 heterocycles. The molecule has 2 rings (SSSR count). The molecule has 0 amide bonds. The lowest BCUT2D eigenvalue weighted by atomic mass is 10.1. The molecule has 1 heteroatoms. The van der Waals surface area contributed by atoms with E-state index in [1.54, 1.807) is 0 Å². The van der Waals surface area contributed by atoms with Crippen molar-refractivity contribution < 1.29 is 0 Å². The molecule has 82 valence electrons. The Morgan fingerprint density at radius 2 is 1.69 bits per heavy atom. The van der Waals surface area contributed by atoms with Crippen LogP contribution in [0.15, 0.2) is 53.4 Å². The first-order chi connectivity index (χ1) is 7.75. The van der Waals surface area contributed by atoms with E-state index in [1.165, 1.54) is 21.6 Å². The van der Waals surface area contributed by atoms with Crippen LogP contribution in [0.5, 0.6) is 0 Å². The summed E-state index contributed by atoms with van der Waals surface area (Å²) in [6.45, 7) is 4.33. The summed E-state index contributed by atoms with van der Waals surface area (Å²) in [5.41, 5.74) is 4.16. The zero-order chi connectivity index (χ0) is 11.4. The Balaban J connectivity index is 2.08. The van der Waals surface area contributed by atoms with Crippen LogP contribution in [0.1, 0.15) is 16.7 Å². The summed E-state index contributed by atoms with van der Waals surface area (Å²) in [6.07, 6.45) is 0. The van der Waals surface area contributed by atoms with Crippen molar-refractivity contribution in [1.29, 1.82) is 0 Å². The summed E-state index contributed by atoms with van der Waals surface area (Å²) in [7, 11) is 0. The second kappa shape index (κ2) is 5.22. The van der Waals surface area contributed by atoms with Crippen molar-refractivity contribution in [3.8, 4) is 0 Å². The number of hydrogen-bond acceptors (Lipinski definition) is 1. The van der Waals surface area contributed by atoms with Gasteiger partial charge in [-0.05, 0) is 37.1 Å². The molecule has 0 aromatic heterocycles. The van der Waals surface area contributed by atoms with Crippen molar-refractivity contribution in [2.45, 2.75) is 24.5 Å². The van der Waals surface area contributed by atoms with E-state index in [2.05, 4.69) is 62.4 Å². The molecule has 2 aromatic carbocycles. The zero-order valence-corrected chi connectivity index (χ0v) is 10.6. The molecule has 0 nitrogen and oxygen atoms in total.